The van der Waals surface area contributed by atoms with Gasteiger partial charge in [0, 0.05) is 38.3 Å². The molecule has 32 heavy (non-hydrogen) atoms. The molecule has 1 aliphatic rings. The normalized spacial score (nSPS) is 19.7. The van der Waals surface area contributed by atoms with E-state index in [9.17, 15) is 9.90 Å². The van der Waals surface area contributed by atoms with E-state index in [-0.39, 0.29) is 30.1 Å². The summed E-state index contributed by atoms with van der Waals surface area (Å²) in [5.74, 6) is 0.824. The van der Waals surface area contributed by atoms with Crippen LogP contribution in [0.1, 0.15) is 69.8 Å². The lowest BCUT2D eigenvalue weighted by Gasteiger charge is -2.35. The zero-order valence-electron chi connectivity index (χ0n) is 20.5. The molecule has 180 valence electrons. The Morgan fingerprint density at radius 1 is 1.12 bits per heavy atom. The molecule has 1 heterocycles. The Kier molecular flexibility index (Phi) is 10.5. The summed E-state index contributed by atoms with van der Waals surface area (Å²) < 4.78 is 5.73. The van der Waals surface area contributed by atoms with Crippen molar-refractivity contribution in [3.63, 3.8) is 0 Å². The lowest BCUT2D eigenvalue weighted by molar-refractivity contribution is -0.0586. The van der Waals surface area contributed by atoms with Gasteiger partial charge >= 0.3 is 0 Å². The molecule has 0 aliphatic carbocycles. The summed E-state index contributed by atoms with van der Waals surface area (Å²) in [6.45, 7) is 13.9. The maximum atomic E-state index is 12.8. The quantitative estimate of drug-likeness (QED) is 0.380. The van der Waals surface area contributed by atoms with Gasteiger partial charge in [0.1, 0.15) is 0 Å². The number of aliphatic hydroxyl groups excluding tert-OH is 1. The Balaban J connectivity index is 1.99. The number of benzene rings is 1. The molecule has 1 saturated heterocycles. The van der Waals surface area contributed by atoms with Crippen LogP contribution in [0, 0.1) is 5.41 Å². The highest BCUT2D eigenvalue weighted by molar-refractivity contribution is 5.94. The van der Waals surface area contributed by atoms with Crippen LogP contribution in [0.2, 0.25) is 0 Å². The molecule has 7 nitrogen and oxygen atoms in total. The smallest absolute Gasteiger partial charge is 0.254 e. The van der Waals surface area contributed by atoms with Crippen molar-refractivity contribution >= 4 is 11.9 Å². The van der Waals surface area contributed by atoms with E-state index in [1.807, 2.05) is 49.9 Å². The van der Waals surface area contributed by atoms with Crippen LogP contribution in [0.3, 0.4) is 0 Å². The predicted octanol–water partition coefficient (Wildman–Crippen LogP) is 3.18. The number of morpholine rings is 1. The summed E-state index contributed by atoms with van der Waals surface area (Å²) in [6.07, 6.45) is 2.91. The fraction of sp³-hybridized carbons (Fsp3) is 0.680. The summed E-state index contributed by atoms with van der Waals surface area (Å²) in [4.78, 5) is 19.4. The molecule has 2 rings (SSSR count). The number of hydrogen-bond donors (Lipinski definition) is 3. The second kappa shape index (κ2) is 12.8. The second-order valence-electron chi connectivity index (χ2n) is 8.89. The molecule has 7 heteroatoms. The molecule has 1 aromatic carbocycles. The van der Waals surface area contributed by atoms with Crippen LogP contribution in [0.5, 0.6) is 0 Å². The number of carbonyl (C=O) groups is 1. The molecule has 0 bridgehead atoms. The average Bonchev–Trinajstić information content (AvgIpc) is 2.79. The fourth-order valence-electron chi connectivity index (χ4n) is 4.24. The van der Waals surface area contributed by atoms with Crippen LogP contribution in [-0.2, 0) is 11.3 Å². The van der Waals surface area contributed by atoms with Crippen LogP contribution in [0.15, 0.2) is 29.3 Å². The highest BCUT2D eigenvalue weighted by Gasteiger charge is 2.27. The molecular formula is C25H42N4O3. The highest BCUT2D eigenvalue weighted by atomic mass is 16.5. The number of rotatable bonds is 10. The minimum absolute atomic E-state index is 0.0522. The minimum atomic E-state index is 0.0522. The van der Waals surface area contributed by atoms with Crippen LogP contribution < -0.4 is 10.6 Å². The van der Waals surface area contributed by atoms with E-state index < -0.39 is 0 Å². The third kappa shape index (κ3) is 7.48. The van der Waals surface area contributed by atoms with Gasteiger partial charge in [0.05, 0.1) is 18.8 Å². The first-order valence-corrected chi connectivity index (χ1v) is 12.0. The molecule has 3 N–H and O–H groups in total. The molecule has 2 unspecified atom stereocenters. The van der Waals surface area contributed by atoms with Gasteiger partial charge in [-0.1, -0.05) is 26.0 Å². The molecule has 1 amide bonds. The predicted molar refractivity (Wildman–Crippen MR) is 130 cm³/mol. The van der Waals surface area contributed by atoms with Gasteiger partial charge in [0.2, 0.25) is 0 Å². The van der Waals surface area contributed by atoms with E-state index >= 15 is 0 Å². The molecule has 1 aromatic rings. The van der Waals surface area contributed by atoms with Gasteiger partial charge < -0.3 is 25.4 Å². The largest absolute Gasteiger partial charge is 0.396 e. The third-order valence-electron chi connectivity index (χ3n) is 6.44. The molecule has 0 radical (unpaired) electrons. The Bertz CT molecular complexity index is 721. The first-order valence-electron chi connectivity index (χ1n) is 12.0. The number of amides is 1. The average molecular weight is 447 g/mol. The van der Waals surface area contributed by atoms with Crippen molar-refractivity contribution in [2.45, 2.75) is 72.6 Å². The minimum Gasteiger partial charge on any atom is -0.396 e. The Labute approximate surface area is 193 Å². The number of ether oxygens (including phenoxy) is 1. The molecule has 1 aliphatic heterocycles. The van der Waals surface area contributed by atoms with Gasteiger partial charge in [0.25, 0.3) is 5.91 Å². The first-order chi connectivity index (χ1) is 15.4. The zero-order chi connectivity index (χ0) is 23.6. The molecule has 1 fully saturated rings. The van der Waals surface area contributed by atoms with Gasteiger partial charge in [-0.3, -0.25) is 4.79 Å². The Morgan fingerprint density at radius 3 is 2.28 bits per heavy atom. The van der Waals surface area contributed by atoms with Crippen LogP contribution in [0.25, 0.3) is 0 Å². The number of hydrogen-bond acceptors (Lipinski definition) is 4. The van der Waals surface area contributed by atoms with Crippen molar-refractivity contribution in [3.05, 3.63) is 35.4 Å². The van der Waals surface area contributed by atoms with Crippen molar-refractivity contribution in [1.82, 2.24) is 15.5 Å². The van der Waals surface area contributed by atoms with Gasteiger partial charge in [-0.15, -0.1) is 0 Å². The molecule has 0 saturated carbocycles. The molecular weight excluding hydrogens is 404 g/mol. The van der Waals surface area contributed by atoms with Crippen molar-refractivity contribution < 1.29 is 14.6 Å². The summed E-state index contributed by atoms with van der Waals surface area (Å²) in [5, 5.41) is 16.2. The van der Waals surface area contributed by atoms with Crippen molar-refractivity contribution in [1.29, 1.82) is 0 Å². The van der Waals surface area contributed by atoms with Crippen molar-refractivity contribution in [2.75, 3.05) is 32.8 Å². The van der Waals surface area contributed by atoms with E-state index in [1.165, 1.54) is 0 Å². The number of nitrogens with zero attached hydrogens (tertiary/aromatic N) is 2. The van der Waals surface area contributed by atoms with Gasteiger partial charge in [-0.2, -0.15) is 0 Å². The Hall–Kier alpha value is -2.12. The molecule has 2 atom stereocenters. The SMILES string of the molecule is CCNC(=NCc1ccc(C(=O)N2CC(C)OC(C)C2)cc1)NCC(CC)(CC)CCO. The van der Waals surface area contributed by atoms with Gasteiger partial charge in [-0.25, -0.2) is 4.99 Å². The van der Waals surface area contributed by atoms with E-state index in [1.54, 1.807) is 0 Å². The lowest BCUT2D eigenvalue weighted by atomic mass is 9.79. The van der Waals surface area contributed by atoms with Crippen molar-refractivity contribution in [2.24, 2.45) is 10.4 Å². The number of nitrogens with one attached hydrogen (secondary N) is 2. The summed E-state index contributed by atoms with van der Waals surface area (Å²) >= 11 is 0. The lowest BCUT2D eigenvalue weighted by Crippen LogP contribution is -2.48. The molecule has 0 spiro atoms. The van der Waals surface area contributed by atoms with Crippen molar-refractivity contribution in [3.8, 4) is 0 Å². The van der Waals surface area contributed by atoms with Crippen LogP contribution in [-0.4, -0.2) is 66.9 Å². The zero-order valence-corrected chi connectivity index (χ0v) is 20.5. The first kappa shape index (κ1) is 26.1. The van der Waals surface area contributed by atoms with Crippen LogP contribution >= 0.6 is 0 Å². The highest BCUT2D eigenvalue weighted by Crippen LogP contribution is 2.29. The molecule has 0 aromatic heterocycles. The van der Waals surface area contributed by atoms with Gasteiger partial charge in [-0.05, 0) is 63.1 Å². The maximum absolute atomic E-state index is 12.8. The summed E-state index contributed by atoms with van der Waals surface area (Å²) in [5.41, 5.74) is 1.82. The van der Waals surface area contributed by atoms with Gasteiger partial charge in [0.15, 0.2) is 5.96 Å². The second-order valence-corrected chi connectivity index (χ2v) is 8.89. The van der Waals surface area contributed by atoms with Crippen LogP contribution in [0.4, 0.5) is 0 Å². The fourth-order valence-corrected chi connectivity index (χ4v) is 4.24. The van der Waals surface area contributed by atoms with E-state index in [0.717, 1.165) is 43.9 Å². The number of aliphatic hydroxyl groups is 1. The number of aliphatic imine (C=N–C) groups is 1. The third-order valence-corrected chi connectivity index (χ3v) is 6.44. The Morgan fingerprint density at radius 2 is 1.75 bits per heavy atom. The van der Waals surface area contributed by atoms with E-state index in [0.29, 0.717) is 25.2 Å². The number of carbonyl (C=O) groups excluding carboxylic acids is 1. The maximum Gasteiger partial charge on any atom is 0.254 e. The topological polar surface area (TPSA) is 86.2 Å². The monoisotopic (exact) mass is 446 g/mol. The van der Waals surface area contributed by atoms with E-state index in [2.05, 4.69) is 24.5 Å². The standard InChI is InChI=1S/C25H42N4O3/c1-6-25(7-2,13-14-30)18-28-24(26-8-3)27-15-21-9-11-22(12-10-21)23(31)29-16-19(4)32-20(5)17-29/h9-12,19-20,30H,6-8,13-18H2,1-5H3,(H2,26,27,28). The summed E-state index contributed by atoms with van der Waals surface area (Å²) in [7, 11) is 0. The summed E-state index contributed by atoms with van der Waals surface area (Å²) in [6, 6.07) is 7.72. The number of guanidine groups is 1. The van der Waals surface area contributed by atoms with E-state index in [4.69, 9.17) is 9.73 Å².